The van der Waals surface area contributed by atoms with Crippen LogP contribution in [0.4, 0.5) is 0 Å². The van der Waals surface area contributed by atoms with E-state index in [1.165, 1.54) is 6.07 Å². The highest BCUT2D eigenvalue weighted by molar-refractivity contribution is 7.92. The Morgan fingerprint density at radius 2 is 2.00 bits per heavy atom. The van der Waals surface area contributed by atoms with Crippen LogP contribution in [0.5, 0.6) is 0 Å². The van der Waals surface area contributed by atoms with Gasteiger partial charge in [-0.15, -0.1) is 0 Å². The number of rotatable bonds is 5. The lowest BCUT2D eigenvalue weighted by atomic mass is 10.2. The predicted molar refractivity (Wildman–Crippen MR) is 84.0 cm³/mol. The average Bonchev–Trinajstić information content (AvgIpc) is 2.75. The van der Waals surface area contributed by atoms with Gasteiger partial charge in [-0.3, -0.25) is 0 Å². The SMILES string of the molecule is Cc1ccc(S(=O)(=O)N(CCO)[C@H]2CCS(=O)(=O)C2)c(C)c1. The van der Waals surface area contributed by atoms with Gasteiger partial charge in [-0.2, -0.15) is 4.31 Å². The van der Waals surface area contributed by atoms with Gasteiger partial charge in [0.25, 0.3) is 0 Å². The van der Waals surface area contributed by atoms with Gasteiger partial charge in [-0.05, 0) is 31.9 Å². The second kappa shape index (κ2) is 6.27. The van der Waals surface area contributed by atoms with Gasteiger partial charge in [0.1, 0.15) is 0 Å². The summed E-state index contributed by atoms with van der Waals surface area (Å²) in [5.41, 5.74) is 1.57. The third-order valence-corrected chi connectivity index (χ3v) is 7.72. The maximum Gasteiger partial charge on any atom is 0.243 e. The summed E-state index contributed by atoms with van der Waals surface area (Å²) in [5.74, 6) is -0.195. The van der Waals surface area contributed by atoms with Crippen molar-refractivity contribution < 1.29 is 21.9 Å². The number of nitrogens with zero attached hydrogens (tertiary/aromatic N) is 1. The number of benzene rings is 1. The minimum atomic E-state index is -3.84. The zero-order valence-electron chi connectivity index (χ0n) is 12.7. The Balaban J connectivity index is 2.42. The molecule has 6 nitrogen and oxygen atoms in total. The molecule has 22 heavy (non-hydrogen) atoms. The van der Waals surface area contributed by atoms with Crippen molar-refractivity contribution in [2.24, 2.45) is 0 Å². The third-order valence-electron chi connectivity index (χ3n) is 3.85. The molecule has 1 atom stereocenters. The van der Waals surface area contributed by atoms with E-state index in [-0.39, 0.29) is 36.0 Å². The first-order chi connectivity index (χ1) is 10.2. The Hall–Kier alpha value is -0.960. The van der Waals surface area contributed by atoms with Gasteiger partial charge in [-0.1, -0.05) is 17.7 Å². The van der Waals surface area contributed by atoms with Gasteiger partial charge in [-0.25, -0.2) is 16.8 Å². The molecule has 0 unspecified atom stereocenters. The van der Waals surface area contributed by atoms with Crippen LogP contribution in [-0.4, -0.2) is 56.9 Å². The molecule has 1 aromatic rings. The Morgan fingerprint density at radius 3 is 2.50 bits per heavy atom. The molecule has 0 bridgehead atoms. The summed E-state index contributed by atoms with van der Waals surface area (Å²) in [6.45, 7) is 3.14. The van der Waals surface area contributed by atoms with E-state index in [0.29, 0.717) is 5.56 Å². The Kier molecular flexibility index (Phi) is 4.96. The predicted octanol–water partition coefficient (Wildman–Crippen LogP) is 0.474. The molecule has 0 spiro atoms. The van der Waals surface area contributed by atoms with Crippen LogP contribution in [0.1, 0.15) is 17.5 Å². The van der Waals surface area contributed by atoms with Gasteiger partial charge < -0.3 is 5.11 Å². The van der Waals surface area contributed by atoms with E-state index in [0.717, 1.165) is 9.87 Å². The normalized spacial score (nSPS) is 21.4. The molecule has 1 N–H and O–H groups in total. The van der Waals surface area contributed by atoms with E-state index in [9.17, 15) is 21.9 Å². The summed E-state index contributed by atoms with van der Waals surface area (Å²) >= 11 is 0. The van der Waals surface area contributed by atoms with Crippen molar-refractivity contribution in [3.8, 4) is 0 Å². The lowest BCUT2D eigenvalue weighted by molar-refractivity contribution is 0.232. The standard InChI is InChI=1S/C14H21NO5S2/c1-11-3-4-14(12(2)9-11)22(19,20)15(6-7-16)13-5-8-21(17,18)10-13/h3-4,9,13,16H,5-8,10H2,1-2H3/t13-/m0/s1. The molecule has 0 aromatic heterocycles. The molecule has 124 valence electrons. The number of aliphatic hydroxyl groups excluding tert-OH is 1. The maximum atomic E-state index is 12.9. The molecule has 1 saturated heterocycles. The largest absolute Gasteiger partial charge is 0.395 e. The molecule has 1 heterocycles. The van der Waals surface area contributed by atoms with Crippen molar-refractivity contribution in [3.05, 3.63) is 29.3 Å². The van der Waals surface area contributed by atoms with Crippen LogP contribution >= 0.6 is 0 Å². The lowest BCUT2D eigenvalue weighted by Crippen LogP contribution is -2.43. The van der Waals surface area contributed by atoms with E-state index in [2.05, 4.69) is 0 Å². The van der Waals surface area contributed by atoms with Gasteiger partial charge in [0, 0.05) is 12.6 Å². The van der Waals surface area contributed by atoms with E-state index in [1.54, 1.807) is 19.1 Å². The molecule has 0 aliphatic carbocycles. The summed E-state index contributed by atoms with van der Waals surface area (Å²) < 4.78 is 50.2. The lowest BCUT2D eigenvalue weighted by Gasteiger charge is -2.27. The van der Waals surface area contributed by atoms with Gasteiger partial charge >= 0.3 is 0 Å². The molecule has 0 amide bonds. The van der Waals surface area contributed by atoms with Crippen molar-refractivity contribution in [1.82, 2.24) is 4.31 Å². The van der Waals surface area contributed by atoms with Crippen LogP contribution in [-0.2, 0) is 19.9 Å². The quantitative estimate of drug-likeness (QED) is 0.836. The maximum absolute atomic E-state index is 12.9. The highest BCUT2D eigenvalue weighted by atomic mass is 32.2. The van der Waals surface area contributed by atoms with E-state index in [4.69, 9.17) is 0 Å². The number of aliphatic hydroxyl groups is 1. The summed E-state index contributed by atoms with van der Waals surface area (Å²) in [7, 11) is -7.04. The van der Waals surface area contributed by atoms with Gasteiger partial charge in [0.05, 0.1) is 23.0 Å². The van der Waals surface area contributed by atoms with Gasteiger partial charge in [0.2, 0.25) is 10.0 Å². The molecule has 1 aliphatic heterocycles. The summed E-state index contributed by atoms with van der Waals surface area (Å²) in [5, 5.41) is 9.20. The summed E-state index contributed by atoms with van der Waals surface area (Å²) in [6.07, 6.45) is 0.270. The Morgan fingerprint density at radius 1 is 1.32 bits per heavy atom. The molecule has 1 aromatic carbocycles. The summed E-state index contributed by atoms with van der Waals surface area (Å²) in [4.78, 5) is 0.163. The zero-order chi connectivity index (χ0) is 16.5. The van der Waals surface area contributed by atoms with Crippen molar-refractivity contribution in [2.45, 2.75) is 31.2 Å². The van der Waals surface area contributed by atoms with Crippen molar-refractivity contribution in [2.75, 3.05) is 24.7 Å². The molecule has 0 saturated carbocycles. The van der Waals surface area contributed by atoms with Crippen molar-refractivity contribution in [1.29, 1.82) is 0 Å². The number of sulfonamides is 1. The Bertz CT molecular complexity index is 755. The third kappa shape index (κ3) is 3.51. The fourth-order valence-corrected chi connectivity index (χ4v) is 6.49. The first-order valence-electron chi connectivity index (χ1n) is 7.08. The van der Waals surface area contributed by atoms with Crippen LogP contribution in [0.15, 0.2) is 23.1 Å². The van der Waals surface area contributed by atoms with E-state index >= 15 is 0 Å². The van der Waals surface area contributed by atoms with Crippen molar-refractivity contribution >= 4 is 19.9 Å². The average molecular weight is 347 g/mol. The van der Waals surface area contributed by atoms with Crippen molar-refractivity contribution in [3.63, 3.8) is 0 Å². The Labute approximate surface area is 131 Å². The monoisotopic (exact) mass is 347 g/mol. The first kappa shape index (κ1) is 17.4. The summed E-state index contributed by atoms with van der Waals surface area (Å²) in [6, 6.07) is 4.41. The number of hydrogen-bond acceptors (Lipinski definition) is 5. The van der Waals surface area contributed by atoms with Crippen LogP contribution < -0.4 is 0 Å². The minimum absolute atomic E-state index is 0.0119. The molecule has 0 radical (unpaired) electrons. The number of aryl methyl sites for hydroxylation is 2. The number of hydrogen-bond donors (Lipinski definition) is 1. The molecule has 2 rings (SSSR count). The zero-order valence-corrected chi connectivity index (χ0v) is 14.3. The van der Waals surface area contributed by atoms with Gasteiger partial charge in [0.15, 0.2) is 9.84 Å². The second-order valence-electron chi connectivity index (χ2n) is 5.67. The van der Waals surface area contributed by atoms with Crippen LogP contribution in [0, 0.1) is 13.8 Å². The minimum Gasteiger partial charge on any atom is -0.395 e. The molecule has 1 fully saturated rings. The number of sulfone groups is 1. The smallest absolute Gasteiger partial charge is 0.243 e. The van der Waals surface area contributed by atoms with Crippen LogP contribution in [0.2, 0.25) is 0 Å². The fourth-order valence-electron chi connectivity index (χ4n) is 2.82. The molecular formula is C14H21NO5S2. The van der Waals surface area contributed by atoms with Crippen LogP contribution in [0.25, 0.3) is 0 Å². The first-order valence-corrected chi connectivity index (χ1v) is 10.3. The van der Waals surface area contributed by atoms with E-state index < -0.39 is 25.9 Å². The topological polar surface area (TPSA) is 91.8 Å². The molecule has 8 heteroatoms. The second-order valence-corrected chi connectivity index (χ2v) is 9.75. The fraction of sp³-hybridized carbons (Fsp3) is 0.571. The highest BCUT2D eigenvalue weighted by Crippen LogP contribution is 2.27. The van der Waals surface area contributed by atoms with Crippen LogP contribution in [0.3, 0.4) is 0 Å². The molecular weight excluding hydrogens is 326 g/mol. The highest BCUT2D eigenvalue weighted by Gasteiger charge is 2.38. The molecule has 1 aliphatic rings. The van der Waals surface area contributed by atoms with E-state index in [1.807, 2.05) is 6.92 Å².